The molecule has 0 aliphatic heterocycles. The van der Waals surface area contributed by atoms with Crippen LogP contribution in [0.25, 0.3) is 11.3 Å². The molecule has 3 rings (SSSR count). The van der Waals surface area contributed by atoms with E-state index in [2.05, 4.69) is 35.2 Å². The Morgan fingerprint density at radius 2 is 1.71 bits per heavy atom. The van der Waals surface area contributed by atoms with Crippen molar-refractivity contribution in [3.63, 3.8) is 0 Å². The van der Waals surface area contributed by atoms with Gasteiger partial charge in [0.15, 0.2) is 0 Å². The molecule has 6 heteroatoms. The number of hydrogen-bond donors (Lipinski definition) is 1. The molecule has 162 valence electrons. The second-order valence-corrected chi connectivity index (χ2v) is 7.70. The first-order chi connectivity index (χ1) is 14.8. The molecule has 0 saturated heterocycles. The van der Waals surface area contributed by atoms with Gasteiger partial charge < -0.3 is 10.2 Å². The molecule has 31 heavy (non-hydrogen) atoms. The molecule has 1 N–H and O–H groups in total. The molecule has 0 fully saturated rings. The molecule has 0 spiro atoms. The van der Waals surface area contributed by atoms with E-state index < -0.39 is 6.04 Å². The van der Waals surface area contributed by atoms with Crippen molar-refractivity contribution >= 4 is 17.3 Å². The largest absolute Gasteiger partial charge is 0.372 e. The number of aryl methyl sites for hydroxylation is 2. The first-order valence-electron chi connectivity index (χ1n) is 10.7. The van der Waals surface area contributed by atoms with E-state index in [0.717, 1.165) is 41.2 Å². The van der Waals surface area contributed by atoms with Crippen LogP contribution in [0.15, 0.2) is 59.4 Å². The van der Waals surface area contributed by atoms with Crippen LogP contribution in [0.1, 0.15) is 37.9 Å². The summed E-state index contributed by atoms with van der Waals surface area (Å²) in [5.74, 6) is -0.283. The van der Waals surface area contributed by atoms with Gasteiger partial charge in [0.25, 0.3) is 5.56 Å². The fourth-order valence-electron chi connectivity index (χ4n) is 3.50. The summed E-state index contributed by atoms with van der Waals surface area (Å²) in [5.41, 5.74) is 5.21. The SMILES string of the molecule is CCN(CC)c1ccc(NC(=O)C(C)n2nc(-c3ccc(C)cc3)ccc2=O)c(C)c1. The van der Waals surface area contributed by atoms with Crippen LogP contribution in [0.5, 0.6) is 0 Å². The molecule has 0 bridgehead atoms. The third kappa shape index (κ3) is 5.02. The molecule has 1 heterocycles. The lowest BCUT2D eigenvalue weighted by atomic mass is 10.1. The van der Waals surface area contributed by atoms with E-state index in [1.54, 1.807) is 13.0 Å². The predicted molar refractivity (Wildman–Crippen MR) is 127 cm³/mol. The quantitative estimate of drug-likeness (QED) is 0.610. The van der Waals surface area contributed by atoms with E-state index in [-0.39, 0.29) is 11.5 Å². The molecule has 6 nitrogen and oxygen atoms in total. The summed E-state index contributed by atoms with van der Waals surface area (Å²) in [6.45, 7) is 11.7. The summed E-state index contributed by atoms with van der Waals surface area (Å²) in [4.78, 5) is 27.6. The highest BCUT2D eigenvalue weighted by Gasteiger charge is 2.19. The van der Waals surface area contributed by atoms with Gasteiger partial charge in [-0.15, -0.1) is 0 Å². The Morgan fingerprint density at radius 1 is 1.03 bits per heavy atom. The molecule has 0 aliphatic rings. The first-order valence-corrected chi connectivity index (χ1v) is 10.7. The molecule has 1 amide bonds. The third-order valence-corrected chi connectivity index (χ3v) is 5.52. The van der Waals surface area contributed by atoms with Gasteiger partial charge in [0, 0.05) is 36.1 Å². The number of aromatic nitrogens is 2. The molecule has 1 aromatic heterocycles. The maximum atomic E-state index is 12.9. The van der Waals surface area contributed by atoms with Crippen LogP contribution in [0.2, 0.25) is 0 Å². The zero-order valence-electron chi connectivity index (χ0n) is 18.8. The van der Waals surface area contributed by atoms with E-state index in [1.807, 2.05) is 50.2 Å². The van der Waals surface area contributed by atoms with Crippen molar-refractivity contribution in [2.24, 2.45) is 0 Å². The molecule has 3 aromatic rings. The van der Waals surface area contributed by atoms with Crippen LogP contribution in [0.4, 0.5) is 11.4 Å². The Morgan fingerprint density at radius 3 is 2.32 bits per heavy atom. The van der Waals surface area contributed by atoms with Crippen molar-refractivity contribution in [2.75, 3.05) is 23.3 Å². The van der Waals surface area contributed by atoms with Crippen molar-refractivity contribution in [2.45, 2.75) is 40.7 Å². The number of carbonyl (C=O) groups is 1. The molecule has 0 radical (unpaired) electrons. The normalized spacial score (nSPS) is 11.8. The van der Waals surface area contributed by atoms with Crippen LogP contribution in [-0.4, -0.2) is 28.8 Å². The highest BCUT2D eigenvalue weighted by molar-refractivity contribution is 5.94. The number of nitrogens with zero attached hydrogens (tertiary/aromatic N) is 3. The molecule has 2 aromatic carbocycles. The van der Waals surface area contributed by atoms with Crippen molar-refractivity contribution in [1.82, 2.24) is 9.78 Å². The number of benzene rings is 2. The maximum absolute atomic E-state index is 12.9. The van der Waals surface area contributed by atoms with Crippen molar-refractivity contribution in [3.8, 4) is 11.3 Å². The third-order valence-electron chi connectivity index (χ3n) is 5.52. The minimum absolute atomic E-state index is 0.283. The topological polar surface area (TPSA) is 67.2 Å². The van der Waals surface area contributed by atoms with Gasteiger partial charge >= 0.3 is 0 Å². The van der Waals surface area contributed by atoms with E-state index in [9.17, 15) is 9.59 Å². The predicted octanol–water partition coefficient (Wildman–Crippen LogP) is 4.57. The van der Waals surface area contributed by atoms with Gasteiger partial charge in [-0.05, 0) is 64.4 Å². The van der Waals surface area contributed by atoms with Crippen molar-refractivity contribution in [1.29, 1.82) is 0 Å². The van der Waals surface area contributed by atoms with Crippen molar-refractivity contribution < 1.29 is 4.79 Å². The summed E-state index contributed by atoms with van der Waals surface area (Å²) in [7, 11) is 0. The number of amides is 1. The summed E-state index contributed by atoms with van der Waals surface area (Å²) in [6.07, 6.45) is 0. The van der Waals surface area contributed by atoms with E-state index in [0.29, 0.717) is 5.69 Å². The lowest BCUT2D eigenvalue weighted by Gasteiger charge is -2.22. The average Bonchev–Trinajstić information content (AvgIpc) is 2.77. The second kappa shape index (κ2) is 9.60. The lowest BCUT2D eigenvalue weighted by Crippen LogP contribution is -2.33. The summed E-state index contributed by atoms with van der Waals surface area (Å²) in [5, 5.41) is 7.40. The smallest absolute Gasteiger partial charge is 0.267 e. The Bertz CT molecular complexity index is 1120. The first kappa shape index (κ1) is 22.3. The Kier molecular flexibility index (Phi) is 6.90. The molecule has 0 saturated carbocycles. The standard InChI is InChI=1S/C25H30N4O2/c1-6-28(7-2)21-12-13-22(18(4)16-21)26-25(31)19(5)29-24(30)15-14-23(27-29)20-10-8-17(3)9-11-20/h8-16,19H,6-7H2,1-5H3,(H,26,31). The Hall–Kier alpha value is -3.41. The summed E-state index contributed by atoms with van der Waals surface area (Å²) in [6, 6.07) is 16.3. The van der Waals surface area contributed by atoms with Gasteiger partial charge in [-0.25, -0.2) is 4.68 Å². The number of nitrogens with one attached hydrogen (secondary N) is 1. The van der Waals surface area contributed by atoms with Gasteiger partial charge in [-0.1, -0.05) is 29.8 Å². The van der Waals surface area contributed by atoms with Crippen LogP contribution in [-0.2, 0) is 4.79 Å². The highest BCUT2D eigenvalue weighted by Crippen LogP contribution is 2.23. The monoisotopic (exact) mass is 418 g/mol. The highest BCUT2D eigenvalue weighted by atomic mass is 16.2. The van der Waals surface area contributed by atoms with Crippen LogP contribution in [0, 0.1) is 13.8 Å². The van der Waals surface area contributed by atoms with Crippen LogP contribution >= 0.6 is 0 Å². The second-order valence-electron chi connectivity index (χ2n) is 7.70. The number of anilines is 2. The Balaban J connectivity index is 1.82. The summed E-state index contributed by atoms with van der Waals surface area (Å²) < 4.78 is 1.24. The minimum atomic E-state index is -0.750. The van der Waals surface area contributed by atoms with Gasteiger partial charge in [-0.2, -0.15) is 5.10 Å². The zero-order valence-corrected chi connectivity index (χ0v) is 18.8. The molecule has 0 aliphatic carbocycles. The maximum Gasteiger partial charge on any atom is 0.267 e. The van der Waals surface area contributed by atoms with Gasteiger partial charge in [0.05, 0.1) is 5.69 Å². The van der Waals surface area contributed by atoms with E-state index in [1.165, 1.54) is 10.7 Å². The van der Waals surface area contributed by atoms with Gasteiger partial charge in [0.2, 0.25) is 5.91 Å². The fourth-order valence-corrected chi connectivity index (χ4v) is 3.50. The number of hydrogen-bond acceptors (Lipinski definition) is 4. The molecular formula is C25H30N4O2. The lowest BCUT2D eigenvalue weighted by molar-refractivity contribution is -0.119. The van der Waals surface area contributed by atoms with Crippen LogP contribution < -0.4 is 15.8 Å². The molecular weight excluding hydrogens is 388 g/mol. The molecule has 1 atom stereocenters. The number of rotatable bonds is 7. The number of carbonyl (C=O) groups excluding carboxylic acids is 1. The van der Waals surface area contributed by atoms with Crippen molar-refractivity contribution in [3.05, 3.63) is 76.1 Å². The Labute approximate surface area is 183 Å². The minimum Gasteiger partial charge on any atom is -0.372 e. The van der Waals surface area contributed by atoms with E-state index in [4.69, 9.17) is 0 Å². The van der Waals surface area contributed by atoms with Gasteiger partial charge in [-0.3, -0.25) is 9.59 Å². The fraction of sp³-hybridized carbons (Fsp3) is 0.320. The zero-order chi connectivity index (χ0) is 22.5. The van der Waals surface area contributed by atoms with E-state index >= 15 is 0 Å². The summed E-state index contributed by atoms with van der Waals surface area (Å²) >= 11 is 0. The van der Waals surface area contributed by atoms with Crippen LogP contribution in [0.3, 0.4) is 0 Å². The average molecular weight is 419 g/mol. The van der Waals surface area contributed by atoms with Gasteiger partial charge in [0.1, 0.15) is 6.04 Å². The molecule has 1 unspecified atom stereocenters.